The Labute approximate surface area is 132 Å². The Morgan fingerprint density at radius 2 is 2.05 bits per heavy atom. The first-order valence-corrected chi connectivity index (χ1v) is 8.62. The fourth-order valence-electron chi connectivity index (χ4n) is 3.72. The average Bonchev–Trinajstić information content (AvgIpc) is 3.01. The molecule has 0 saturated heterocycles. The van der Waals surface area contributed by atoms with Gasteiger partial charge in [0, 0.05) is 19.2 Å². The smallest absolute Gasteiger partial charge is 0.227 e. The monoisotopic (exact) mass is 305 g/mol. The van der Waals surface area contributed by atoms with Gasteiger partial charge in [-0.3, -0.25) is 4.79 Å². The van der Waals surface area contributed by atoms with Gasteiger partial charge in [-0.25, -0.2) is 0 Å². The van der Waals surface area contributed by atoms with Crippen molar-refractivity contribution in [3.05, 3.63) is 29.3 Å². The van der Waals surface area contributed by atoms with Gasteiger partial charge in [0.1, 0.15) is 0 Å². The average molecular weight is 306 g/mol. The molecule has 0 spiro atoms. The molecule has 1 fully saturated rings. The first-order valence-electron chi connectivity index (χ1n) is 8.18. The second-order valence-electron chi connectivity index (χ2n) is 6.54. The largest absolute Gasteiger partial charge is 0.315 e. The van der Waals surface area contributed by atoms with E-state index in [9.17, 15) is 4.79 Å². The maximum Gasteiger partial charge on any atom is 0.227 e. The molecular weight excluding hydrogens is 282 g/mol. The number of nitrogens with zero attached hydrogens (tertiary/aromatic N) is 1. The summed E-state index contributed by atoms with van der Waals surface area (Å²) in [5.41, 5.74) is 3.53. The van der Waals surface area contributed by atoms with Gasteiger partial charge in [-0.1, -0.05) is 37.8 Å². The Morgan fingerprint density at radius 1 is 1.29 bits per heavy atom. The molecule has 0 aromatic heterocycles. The molecule has 0 N–H and O–H groups in total. The standard InChI is InChI=1S/C18H24ClNO/c1-20-17-10-7-14(12-15(17)8-11-18(20)21)16(19)9-6-13-4-2-3-5-13/h7,10,12-13,16H,2-6,8-9,11H2,1H3. The first kappa shape index (κ1) is 14.9. The van der Waals surface area contributed by atoms with Gasteiger partial charge in [-0.2, -0.15) is 0 Å². The Balaban J connectivity index is 1.66. The highest BCUT2D eigenvalue weighted by Crippen LogP contribution is 2.36. The molecule has 0 radical (unpaired) electrons. The second-order valence-corrected chi connectivity index (χ2v) is 7.06. The van der Waals surface area contributed by atoms with E-state index in [1.54, 1.807) is 4.90 Å². The number of amides is 1. The summed E-state index contributed by atoms with van der Waals surface area (Å²) in [6, 6.07) is 6.37. The van der Waals surface area contributed by atoms with Crippen molar-refractivity contribution < 1.29 is 4.79 Å². The van der Waals surface area contributed by atoms with Crippen LogP contribution in [0.5, 0.6) is 0 Å². The number of fused-ring (bicyclic) bond motifs is 1. The fraction of sp³-hybridized carbons (Fsp3) is 0.611. The van der Waals surface area contributed by atoms with E-state index in [4.69, 9.17) is 11.6 Å². The van der Waals surface area contributed by atoms with Crippen molar-refractivity contribution in [3.8, 4) is 0 Å². The van der Waals surface area contributed by atoms with Gasteiger partial charge in [-0.15, -0.1) is 11.6 Å². The summed E-state index contributed by atoms with van der Waals surface area (Å²) < 4.78 is 0. The van der Waals surface area contributed by atoms with Crippen LogP contribution in [0.3, 0.4) is 0 Å². The summed E-state index contributed by atoms with van der Waals surface area (Å²) in [5, 5.41) is 0.110. The molecular formula is C18H24ClNO. The van der Waals surface area contributed by atoms with E-state index in [2.05, 4.69) is 18.2 Å². The molecule has 1 saturated carbocycles. The Hall–Kier alpha value is -1.02. The lowest BCUT2D eigenvalue weighted by atomic mass is 9.94. The number of hydrogen-bond acceptors (Lipinski definition) is 1. The minimum absolute atomic E-state index is 0.110. The highest BCUT2D eigenvalue weighted by atomic mass is 35.5. The Bertz CT molecular complexity index is 522. The Morgan fingerprint density at radius 3 is 2.81 bits per heavy atom. The van der Waals surface area contributed by atoms with Gasteiger partial charge < -0.3 is 4.90 Å². The van der Waals surface area contributed by atoms with Crippen molar-refractivity contribution in [2.75, 3.05) is 11.9 Å². The van der Waals surface area contributed by atoms with E-state index in [-0.39, 0.29) is 11.3 Å². The third kappa shape index (κ3) is 3.26. The number of benzene rings is 1. The van der Waals surface area contributed by atoms with Crippen LogP contribution < -0.4 is 4.90 Å². The normalized spacial score (nSPS) is 20.7. The summed E-state index contributed by atoms with van der Waals surface area (Å²) >= 11 is 6.61. The number of hydrogen-bond donors (Lipinski definition) is 0. The molecule has 1 aromatic rings. The SMILES string of the molecule is CN1C(=O)CCc2cc(C(Cl)CCC3CCCC3)ccc21. The summed E-state index contributed by atoms with van der Waals surface area (Å²) in [5.74, 6) is 1.10. The van der Waals surface area contributed by atoms with E-state index in [1.807, 2.05) is 7.05 Å². The molecule has 114 valence electrons. The summed E-state index contributed by atoms with van der Waals surface area (Å²) in [6.45, 7) is 0. The first-order chi connectivity index (χ1) is 10.1. The number of aryl methyl sites for hydroxylation is 1. The van der Waals surface area contributed by atoms with Crippen LogP contribution in [0.25, 0.3) is 0 Å². The van der Waals surface area contributed by atoms with Crippen molar-refractivity contribution in [2.24, 2.45) is 5.92 Å². The van der Waals surface area contributed by atoms with E-state index in [0.717, 1.165) is 24.4 Å². The van der Waals surface area contributed by atoms with Crippen molar-refractivity contribution >= 4 is 23.2 Å². The zero-order valence-corrected chi connectivity index (χ0v) is 13.5. The zero-order valence-electron chi connectivity index (χ0n) is 12.8. The highest BCUT2D eigenvalue weighted by molar-refractivity contribution is 6.20. The maximum absolute atomic E-state index is 11.7. The Kier molecular flexibility index (Phi) is 4.54. The van der Waals surface area contributed by atoms with Crippen LogP contribution in [-0.4, -0.2) is 13.0 Å². The maximum atomic E-state index is 11.7. The molecule has 3 rings (SSSR count). The molecule has 1 aliphatic carbocycles. The van der Waals surface area contributed by atoms with Gasteiger partial charge in [0.15, 0.2) is 0 Å². The molecule has 1 aromatic carbocycles. The lowest BCUT2D eigenvalue weighted by molar-refractivity contribution is -0.118. The van der Waals surface area contributed by atoms with Crippen molar-refractivity contribution in [3.63, 3.8) is 0 Å². The second kappa shape index (κ2) is 6.39. The van der Waals surface area contributed by atoms with Crippen LogP contribution in [0.4, 0.5) is 5.69 Å². The molecule has 1 heterocycles. The van der Waals surface area contributed by atoms with E-state index < -0.39 is 0 Å². The predicted molar refractivity (Wildman–Crippen MR) is 88.0 cm³/mol. The quantitative estimate of drug-likeness (QED) is 0.728. The van der Waals surface area contributed by atoms with Gasteiger partial charge in [0.25, 0.3) is 0 Å². The van der Waals surface area contributed by atoms with Gasteiger partial charge in [0.2, 0.25) is 5.91 Å². The van der Waals surface area contributed by atoms with Crippen LogP contribution in [0.15, 0.2) is 18.2 Å². The van der Waals surface area contributed by atoms with Gasteiger partial charge in [0.05, 0.1) is 5.38 Å². The highest BCUT2D eigenvalue weighted by Gasteiger charge is 2.22. The molecule has 1 unspecified atom stereocenters. The van der Waals surface area contributed by atoms with Gasteiger partial charge >= 0.3 is 0 Å². The molecule has 21 heavy (non-hydrogen) atoms. The topological polar surface area (TPSA) is 20.3 Å². The lowest BCUT2D eigenvalue weighted by Crippen LogP contribution is -2.31. The molecule has 2 nitrogen and oxygen atoms in total. The van der Waals surface area contributed by atoms with E-state index >= 15 is 0 Å². The summed E-state index contributed by atoms with van der Waals surface area (Å²) in [7, 11) is 1.86. The van der Waals surface area contributed by atoms with Crippen LogP contribution >= 0.6 is 11.6 Å². The summed E-state index contributed by atoms with van der Waals surface area (Å²) in [6.07, 6.45) is 9.36. The number of anilines is 1. The number of alkyl halides is 1. The minimum atomic E-state index is 0.110. The van der Waals surface area contributed by atoms with Gasteiger partial charge in [-0.05, 0) is 42.4 Å². The van der Waals surface area contributed by atoms with Crippen LogP contribution in [0, 0.1) is 5.92 Å². The summed E-state index contributed by atoms with van der Waals surface area (Å²) in [4.78, 5) is 13.5. The molecule has 1 amide bonds. The number of carbonyl (C=O) groups excluding carboxylic acids is 1. The van der Waals surface area contributed by atoms with Crippen molar-refractivity contribution in [1.82, 2.24) is 0 Å². The molecule has 1 atom stereocenters. The van der Waals surface area contributed by atoms with E-state index in [0.29, 0.717) is 6.42 Å². The predicted octanol–water partition coefficient (Wildman–Crippen LogP) is 4.85. The van der Waals surface area contributed by atoms with Crippen molar-refractivity contribution in [1.29, 1.82) is 0 Å². The fourth-order valence-corrected chi connectivity index (χ4v) is 3.98. The van der Waals surface area contributed by atoms with Crippen LogP contribution in [0.1, 0.15) is 61.4 Å². The lowest BCUT2D eigenvalue weighted by Gasteiger charge is -2.26. The van der Waals surface area contributed by atoms with Crippen LogP contribution in [0.2, 0.25) is 0 Å². The van der Waals surface area contributed by atoms with Crippen molar-refractivity contribution in [2.45, 2.75) is 56.7 Å². The van der Waals surface area contributed by atoms with Crippen LogP contribution in [-0.2, 0) is 11.2 Å². The number of halogens is 1. The number of rotatable bonds is 4. The minimum Gasteiger partial charge on any atom is -0.315 e. The molecule has 2 aliphatic rings. The molecule has 1 aliphatic heterocycles. The number of carbonyl (C=O) groups is 1. The van der Waals surface area contributed by atoms with E-state index in [1.165, 1.54) is 43.2 Å². The molecule has 0 bridgehead atoms. The molecule has 3 heteroatoms. The zero-order chi connectivity index (χ0) is 14.8. The third-order valence-electron chi connectivity index (χ3n) is 5.11. The third-order valence-corrected chi connectivity index (χ3v) is 5.58.